The second kappa shape index (κ2) is 3.53. The maximum absolute atomic E-state index is 11.1. The number of hydrogen-bond donors (Lipinski definition) is 2. The van der Waals surface area contributed by atoms with Crippen molar-refractivity contribution < 1.29 is 9.90 Å². The fraction of sp³-hybridized carbons (Fsp3) is 0.143. The van der Waals surface area contributed by atoms with E-state index in [4.69, 9.17) is 5.11 Å². The largest absolute Gasteiger partial charge is 0.481 e. The Morgan fingerprint density at radius 1 is 1.67 bits per heavy atom. The van der Waals surface area contributed by atoms with Gasteiger partial charge in [-0.1, -0.05) is 0 Å². The molecule has 0 amide bonds. The molecular formula is C7H6BrNO3. The molecule has 12 heavy (non-hydrogen) atoms. The Balaban J connectivity index is 3.02. The second-order valence-electron chi connectivity index (χ2n) is 2.24. The highest BCUT2D eigenvalue weighted by Crippen LogP contribution is 2.01. The van der Waals surface area contributed by atoms with E-state index >= 15 is 0 Å². The molecule has 0 aliphatic rings. The van der Waals surface area contributed by atoms with Crippen LogP contribution in [0.3, 0.4) is 0 Å². The zero-order chi connectivity index (χ0) is 9.14. The van der Waals surface area contributed by atoms with E-state index in [0.29, 0.717) is 4.60 Å². The van der Waals surface area contributed by atoms with Gasteiger partial charge in [0.1, 0.15) is 0 Å². The molecule has 4 nitrogen and oxygen atoms in total. The summed E-state index contributed by atoms with van der Waals surface area (Å²) in [5.74, 6) is -1.01. The van der Waals surface area contributed by atoms with Gasteiger partial charge in [-0.05, 0) is 15.9 Å². The molecule has 0 fully saturated rings. The van der Waals surface area contributed by atoms with Gasteiger partial charge in [0.05, 0.1) is 11.0 Å². The summed E-state index contributed by atoms with van der Waals surface area (Å²) in [4.78, 5) is 24.0. The maximum Gasteiger partial charge on any atom is 0.308 e. The number of nitrogens with one attached hydrogen (secondary N) is 1. The molecule has 0 aromatic carbocycles. The van der Waals surface area contributed by atoms with Crippen LogP contribution in [0.5, 0.6) is 0 Å². The van der Waals surface area contributed by atoms with Crippen molar-refractivity contribution in [2.45, 2.75) is 6.42 Å². The molecule has 5 heteroatoms. The Bertz CT molecular complexity index is 358. The number of hydrogen-bond acceptors (Lipinski definition) is 2. The predicted octanol–water partition coefficient (Wildman–Crippen LogP) is 0.765. The summed E-state index contributed by atoms with van der Waals surface area (Å²) in [5, 5.41) is 8.40. The molecule has 64 valence electrons. The Labute approximate surface area is 76.4 Å². The third-order valence-corrected chi connectivity index (χ3v) is 1.76. The van der Waals surface area contributed by atoms with Gasteiger partial charge >= 0.3 is 5.97 Å². The molecule has 1 aromatic heterocycles. The highest BCUT2D eigenvalue weighted by Gasteiger charge is 2.04. The molecule has 1 rings (SSSR count). The van der Waals surface area contributed by atoms with E-state index in [-0.39, 0.29) is 17.4 Å². The van der Waals surface area contributed by atoms with Crippen molar-refractivity contribution in [3.05, 3.63) is 32.7 Å². The quantitative estimate of drug-likeness (QED) is 0.739. The number of carboxylic acids is 1. The van der Waals surface area contributed by atoms with Crippen LogP contribution < -0.4 is 5.43 Å². The first-order chi connectivity index (χ1) is 5.59. The minimum absolute atomic E-state index is 0.247. The summed E-state index contributed by atoms with van der Waals surface area (Å²) >= 11 is 3.06. The van der Waals surface area contributed by atoms with Crippen molar-refractivity contribution in [3.8, 4) is 0 Å². The van der Waals surface area contributed by atoms with Gasteiger partial charge in [0.15, 0.2) is 5.43 Å². The van der Waals surface area contributed by atoms with Gasteiger partial charge in [-0.25, -0.2) is 0 Å². The van der Waals surface area contributed by atoms with Crippen LogP contribution in [-0.2, 0) is 11.2 Å². The molecule has 1 heterocycles. The summed E-state index contributed by atoms with van der Waals surface area (Å²) in [7, 11) is 0. The molecule has 0 saturated carbocycles. The van der Waals surface area contributed by atoms with E-state index in [2.05, 4.69) is 20.9 Å². The van der Waals surface area contributed by atoms with Crippen molar-refractivity contribution in [3.63, 3.8) is 0 Å². The van der Waals surface area contributed by atoms with Gasteiger partial charge in [-0.3, -0.25) is 9.59 Å². The summed E-state index contributed by atoms with van der Waals surface area (Å²) in [5.41, 5.74) is -0.0197. The minimum atomic E-state index is -1.01. The van der Waals surface area contributed by atoms with Crippen molar-refractivity contribution in [1.82, 2.24) is 4.98 Å². The van der Waals surface area contributed by atoms with E-state index in [1.165, 1.54) is 12.3 Å². The van der Waals surface area contributed by atoms with Gasteiger partial charge < -0.3 is 10.1 Å². The SMILES string of the molecule is O=C(O)Cc1c[nH]c(Br)cc1=O. The average molecular weight is 232 g/mol. The van der Waals surface area contributed by atoms with E-state index < -0.39 is 5.97 Å². The van der Waals surface area contributed by atoms with E-state index in [0.717, 1.165) is 0 Å². The zero-order valence-electron chi connectivity index (χ0n) is 6.00. The lowest BCUT2D eigenvalue weighted by molar-refractivity contribution is -0.136. The molecule has 0 aliphatic carbocycles. The molecular weight excluding hydrogens is 226 g/mol. The van der Waals surface area contributed by atoms with Crippen molar-refractivity contribution in [2.24, 2.45) is 0 Å². The molecule has 1 aromatic rings. The summed E-state index contributed by atoms with van der Waals surface area (Å²) in [6.45, 7) is 0. The Morgan fingerprint density at radius 3 is 2.83 bits per heavy atom. The number of carboxylic acid groups (broad SMARTS) is 1. The van der Waals surface area contributed by atoms with Crippen molar-refractivity contribution in [2.75, 3.05) is 0 Å². The van der Waals surface area contributed by atoms with Crippen LogP contribution in [0.2, 0.25) is 0 Å². The summed E-state index contributed by atoms with van der Waals surface area (Å²) < 4.78 is 0.543. The molecule has 2 N–H and O–H groups in total. The van der Waals surface area contributed by atoms with E-state index in [9.17, 15) is 9.59 Å². The highest BCUT2D eigenvalue weighted by molar-refractivity contribution is 9.10. The third kappa shape index (κ3) is 2.20. The highest BCUT2D eigenvalue weighted by atomic mass is 79.9. The Hall–Kier alpha value is -1.10. The third-order valence-electron chi connectivity index (χ3n) is 1.30. The predicted molar refractivity (Wildman–Crippen MR) is 46.1 cm³/mol. The van der Waals surface area contributed by atoms with Crippen LogP contribution >= 0.6 is 15.9 Å². The minimum Gasteiger partial charge on any atom is -0.481 e. The van der Waals surface area contributed by atoms with E-state index in [1.807, 2.05) is 0 Å². The van der Waals surface area contributed by atoms with Gasteiger partial charge in [-0.2, -0.15) is 0 Å². The van der Waals surface area contributed by atoms with Gasteiger partial charge in [0.2, 0.25) is 0 Å². The van der Waals surface area contributed by atoms with Gasteiger partial charge in [0, 0.05) is 17.8 Å². The van der Waals surface area contributed by atoms with Crippen LogP contribution in [0.1, 0.15) is 5.56 Å². The first-order valence-electron chi connectivity index (χ1n) is 3.18. The van der Waals surface area contributed by atoms with Gasteiger partial charge in [-0.15, -0.1) is 0 Å². The van der Waals surface area contributed by atoms with Crippen LogP contribution in [-0.4, -0.2) is 16.1 Å². The number of aromatic amines is 1. The topological polar surface area (TPSA) is 70.2 Å². The standard InChI is InChI=1S/C7H6BrNO3/c8-6-2-5(10)4(3-9-6)1-7(11)12/h2-3H,1H2,(H,9,10)(H,11,12). The number of carbonyl (C=O) groups is 1. The van der Waals surface area contributed by atoms with E-state index in [1.54, 1.807) is 0 Å². The number of H-pyrrole nitrogens is 1. The van der Waals surface area contributed by atoms with Crippen molar-refractivity contribution >= 4 is 21.9 Å². The zero-order valence-corrected chi connectivity index (χ0v) is 7.59. The monoisotopic (exact) mass is 231 g/mol. The number of halogens is 1. The number of pyridine rings is 1. The number of aromatic nitrogens is 1. The van der Waals surface area contributed by atoms with Crippen LogP contribution in [0.4, 0.5) is 0 Å². The normalized spacial score (nSPS) is 9.75. The molecule has 0 bridgehead atoms. The number of aliphatic carboxylic acids is 1. The van der Waals surface area contributed by atoms with Crippen LogP contribution in [0, 0.1) is 0 Å². The second-order valence-corrected chi connectivity index (χ2v) is 3.10. The first kappa shape index (κ1) is 8.99. The Kier molecular flexibility index (Phi) is 2.65. The van der Waals surface area contributed by atoms with Crippen LogP contribution in [0.15, 0.2) is 21.7 Å². The fourth-order valence-electron chi connectivity index (χ4n) is 0.778. The first-order valence-corrected chi connectivity index (χ1v) is 3.98. The molecule has 0 unspecified atom stereocenters. The molecule has 0 spiro atoms. The molecule has 0 saturated heterocycles. The van der Waals surface area contributed by atoms with Crippen LogP contribution in [0.25, 0.3) is 0 Å². The lowest BCUT2D eigenvalue weighted by Gasteiger charge is -1.95. The van der Waals surface area contributed by atoms with Crippen molar-refractivity contribution in [1.29, 1.82) is 0 Å². The average Bonchev–Trinajstić information content (AvgIpc) is 1.94. The fourth-order valence-corrected chi connectivity index (χ4v) is 1.10. The molecule has 0 radical (unpaired) electrons. The van der Waals surface area contributed by atoms with Gasteiger partial charge in [0.25, 0.3) is 0 Å². The Morgan fingerprint density at radius 2 is 2.33 bits per heavy atom. The number of rotatable bonds is 2. The molecule has 0 atom stereocenters. The smallest absolute Gasteiger partial charge is 0.308 e. The summed E-state index contributed by atoms with van der Waals surface area (Å²) in [6.07, 6.45) is 1.14. The lowest BCUT2D eigenvalue weighted by atomic mass is 10.2. The lowest BCUT2D eigenvalue weighted by Crippen LogP contribution is -2.12. The molecule has 0 aliphatic heterocycles. The summed E-state index contributed by atoms with van der Waals surface area (Å²) in [6, 6.07) is 1.30. The maximum atomic E-state index is 11.1.